The molecule has 8 heteroatoms. The van der Waals surface area contributed by atoms with Gasteiger partial charge in [-0.25, -0.2) is 0 Å². The minimum Gasteiger partial charge on any atom is -0.497 e. The number of amides is 1. The van der Waals surface area contributed by atoms with Crippen LogP contribution in [0.4, 0.5) is 5.69 Å². The van der Waals surface area contributed by atoms with E-state index >= 15 is 0 Å². The highest BCUT2D eigenvalue weighted by molar-refractivity contribution is 5.96. The van der Waals surface area contributed by atoms with Crippen molar-refractivity contribution in [1.29, 1.82) is 0 Å². The molecule has 0 spiro atoms. The first kappa shape index (κ1) is 90.2. The van der Waals surface area contributed by atoms with E-state index in [1.165, 1.54) is 107 Å². The first-order valence-electron chi connectivity index (χ1n) is 35.2. The van der Waals surface area contributed by atoms with E-state index in [1.54, 1.807) is 7.05 Å². The number of nitrogens with one attached hydrogen (secondary N) is 2. The standard InChI is InChI=1S/C23H33NO2.C17H36.C14H20N2O2.C11H17N.C4H10.C3H8.3C2H6/c1-5-7-8-13-22(25)20-14-17(3)24-21(15-20)18(4)23(6-2)26-16-19-11-9-10-12-19;1-7-9-11-15(5)16(6)17(10-8-2)13-12-14(3)4;1-4-12-10(2)7-8-13(16-12)11(6-5-9-17)14(18)15-3;1-4-10-8-9(3)6-7-11(10)12-5-2;1-3-4-2;1-3-2;3*1-2/h5,14-15,19H,1,6-13,16H2,2-4H3;14-17H,7-13H2,1-6H3;7-9,11H,4-6H2,1-3H3,(H,15,18);6-8,12H,4-5H2,1-3H3;3-4H2,1-2H3;3H2,1-2H3;3*1-2H3/b23-18-;;;;;;;;. The maximum atomic E-state index is 12.5. The van der Waals surface area contributed by atoms with Gasteiger partial charge >= 0.3 is 0 Å². The molecule has 1 aromatic carbocycles. The van der Waals surface area contributed by atoms with Crippen molar-refractivity contribution in [2.24, 2.45) is 29.6 Å². The molecule has 1 saturated carbocycles. The SMILES string of the molecule is C=CCCCC(=O)c1cc(C)nc(/C(C)=C(/CC)OCC2CCCC2)c1.CC.CC.CC.CCC.CCCC.CCCCC(C)C(C)C(CCC)CCC(C)C.CCNc1ccc(C)cc1CC.CCc1nc(C(CCC=O)C(=O)NC)ccc1C. The Bertz CT molecular complexity index is 2100. The van der Waals surface area contributed by atoms with Crippen LogP contribution in [0.3, 0.4) is 0 Å². The normalized spacial score (nSPS) is 12.8. The highest BCUT2D eigenvalue weighted by Gasteiger charge is 2.23. The summed E-state index contributed by atoms with van der Waals surface area (Å²) in [7, 11) is 1.60. The molecule has 1 fully saturated rings. The first-order valence-corrected chi connectivity index (χ1v) is 35.2. The summed E-state index contributed by atoms with van der Waals surface area (Å²) in [4.78, 5) is 44.0. The molecule has 4 unspecified atom stereocenters. The number of pyridine rings is 2. The number of likely N-dealkylation sites (N-methyl/N-ethyl adjacent to an activating group) is 1. The van der Waals surface area contributed by atoms with Gasteiger partial charge in [-0.1, -0.05) is 232 Å². The Morgan fingerprint density at radius 1 is 0.721 bits per heavy atom. The van der Waals surface area contributed by atoms with Gasteiger partial charge in [-0.3, -0.25) is 19.6 Å². The summed E-state index contributed by atoms with van der Waals surface area (Å²) in [5, 5.41) is 5.98. The highest BCUT2D eigenvalue weighted by Crippen LogP contribution is 2.33. The maximum absolute atomic E-state index is 12.5. The molecular formula is C78H142N4O4. The zero-order valence-electron chi connectivity index (χ0n) is 61.4. The summed E-state index contributed by atoms with van der Waals surface area (Å²) in [5.41, 5.74) is 10.5. The number of Topliss-reactive ketones (excluding diaryl/α,β-unsaturated/α-hetero) is 1. The maximum Gasteiger partial charge on any atom is 0.228 e. The van der Waals surface area contributed by atoms with E-state index in [0.29, 0.717) is 25.2 Å². The average Bonchev–Trinajstić information content (AvgIpc) is 3.98. The fourth-order valence-electron chi connectivity index (χ4n) is 9.77. The van der Waals surface area contributed by atoms with Crippen LogP contribution in [0.5, 0.6) is 0 Å². The Morgan fingerprint density at radius 2 is 1.34 bits per heavy atom. The lowest BCUT2D eigenvalue weighted by Gasteiger charge is -2.29. The first-order chi connectivity index (χ1) is 41.3. The van der Waals surface area contributed by atoms with Crippen molar-refractivity contribution in [3.8, 4) is 0 Å². The van der Waals surface area contributed by atoms with Crippen molar-refractivity contribution in [3.63, 3.8) is 0 Å². The Labute approximate surface area is 535 Å². The number of benzene rings is 1. The number of ketones is 1. The third-order valence-corrected chi connectivity index (χ3v) is 15.2. The topological polar surface area (TPSA) is 110 Å². The summed E-state index contributed by atoms with van der Waals surface area (Å²) < 4.78 is 6.15. The molecular weight excluding hydrogens is 1060 g/mol. The van der Waals surface area contributed by atoms with Gasteiger partial charge in [0.05, 0.1) is 23.9 Å². The smallest absolute Gasteiger partial charge is 0.228 e. The van der Waals surface area contributed by atoms with Crippen LogP contribution in [0.25, 0.3) is 5.57 Å². The van der Waals surface area contributed by atoms with Crippen LogP contribution in [0.1, 0.15) is 330 Å². The molecule has 4 atom stereocenters. The van der Waals surface area contributed by atoms with Crippen LogP contribution in [0.15, 0.2) is 60.9 Å². The molecule has 1 aliphatic carbocycles. The third-order valence-electron chi connectivity index (χ3n) is 15.2. The molecule has 0 bridgehead atoms. The van der Waals surface area contributed by atoms with E-state index in [4.69, 9.17) is 4.74 Å². The van der Waals surface area contributed by atoms with Gasteiger partial charge in [0, 0.05) is 61.1 Å². The van der Waals surface area contributed by atoms with E-state index in [-0.39, 0.29) is 17.6 Å². The molecule has 498 valence electrons. The van der Waals surface area contributed by atoms with Gasteiger partial charge in [0.2, 0.25) is 5.91 Å². The molecule has 0 saturated heterocycles. The molecule has 1 aliphatic rings. The van der Waals surface area contributed by atoms with Crippen LogP contribution in [0, 0.1) is 50.4 Å². The Morgan fingerprint density at radius 3 is 1.83 bits per heavy atom. The largest absolute Gasteiger partial charge is 0.497 e. The third kappa shape index (κ3) is 43.1. The number of rotatable bonds is 30. The van der Waals surface area contributed by atoms with E-state index in [1.807, 2.05) is 92.7 Å². The van der Waals surface area contributed by atoms with Gasteiger partial charge in [-0.05, 0) is 151 Å². The molecule has 2 aromatic heterocycles. The summed E-state index contributed by atoms with van der Waals surface area (Å²) in [6.07, 6.45) is 27.6. The number of carbonyl (C=O) groups is 3. The molecule has 2 heterocycles. The second-order valence-corrected chi connectivity index (χ2v) is 22.9. The molecule has 0 radical (unpaired) electrons. The summed E-state index contributed by atoms with van der Waals surface area (Å²) in [6, 6.07) is 14.2. The van der Waals surface area contributed by atoms with Crippen LogP contribution < -0.4 is 10.6 Å². The van der Waals surface area contributed by atoms with Crippen LogP contribution in [0.2, 0.25) is 0 Å². The minimum absolute atomic E-state index is 0.0877. The predicted octanol–water partition coefficient (Wildman–Crippen LogP) is 23.6. The van der Waals surface area contributed by atoms with E-state index in [2.05, 4.69) is 149 Å². The fourth-order valence-corrected chi connectivity index (χ4v) is 9.77. The van der Waals surface area contributed by atoms with Crippen LogP contribution in [-0.2, 0) is 27.2 Å². The molecule has 1 amide bonds. The van der Waals surface area contributed by atoms with Gasteiger partial charge in [-0.2, -0.15) is 0 Å². The van der Waals surface area contributed by atoms with Gasteiger partial charge in [0.15, 0.2) is 5.78 Å². The molecule has 0 aliphatic heterocycles. The lowest BCUT2D eigenvalue weighted by atomic mass is 9.76. The van der Waals surface area contributed by atoms with E-state index < -0.39 is 0 Å². The molecule has 86 heavy (non-hydrogen) atoms. The van der Waals surface area contributed by atoms with Crippen molar-refractivity contribution < 1.29 is 19.1 Å². The number of carbonyl (C=O) groups excluding carboxylic acids is 3. The number of anilines is 1. The Hall–Kier alpha value is -4.59. The van der Waals surface area contributed by atoms with Crippen LogP contribution >= 0.6 is 0 Å². The lowest BCUT2D eigenvalue weighted by molar-refractivity contribution is -0.122. The Kier molecular flexibility index (Phi) is 65.0. The number of ether oxygens (including phenoxy) is 1. The van der Waals surface area contributed by atoms with Gasteiger partial charge in [-0.15, -0.1) is 6.58 Å². The summed E-state index contributed by atoms with van der Waals surface area (Å²) in [6.45, 7) is 57.1. The molecule has 4 rings (SSSR count). The van der Waals surface area contributed by atoms with Crippen LogP contribution in [-0.4, -0.2) is 48.1 Å². The summed E-state index contributed by atoms with van der Waals surface area (Å²) in [5.74, 6) is 5.11. The fraction of sp³-hybridized carbons (Fsp3) is 0.705. The quantitative estimate of drug-likeness (QED) is 0.0225. The monoisotopic (exact) mass is 1200 g/mol. The number of allylic oxidation sites excluding steroid dienone is 3. The van der Waals surface area contributed by atoms with Gasteiger partial charge < -0.3 is 20.2 Å². The number of hydrogen-bond donors (Lipinski definition) is 2. The average molecular weight is 1200 g/mol. The predicted molar refractivity (Wildman–Crippen MR) is 384 cm³/mol. The van der Waals surface area contributed by atoms with E-state index in [0.717, 1.165) is 120 Å². The number of aryl methyl sites for hydroxylation is 5. The zero-order valence-corrected chi connectivity index (χ0v) is 61.4. The molecule has 3 aromatic rings. The Balaban J connectivity index is -0.000000325. The number of aldehydes is 1. The number of aromatic nitrogens is 2. The summed E-state index contributed by atoms with van der Waals surface area (Å²) >= 11 is 0. The van der Waals surface area contributed by atoms with Crippen molar-refractivity contribution in [2.75, 3.05) is 25.5 Å². The molecule has 8 nitrogen and oxygen atoms in total. The van der Waals surface area contributed by atoms with Crippen molar-refractivity contribution in [2.45, 2.75) is 313 Å². The van der Waals surface area contributed by atoms with E-state index in [9.17, 15) is 14.4 Å². The number of nitrogens with zero attached hydrogens (tertiary/aromatic N) is 2. The lowest BCUT2D eigenvalue weighted by Crippen LogP contribution is -2.26. The van der Waals surface area contributed by atoms with Gasteiger partial charge in [0.1, 0.15) is 12.0 Å². The second-order valence-electron chi connectivity index (χ2n) is 22.9. The van der Waals surface area contributed by atoms with Crippen molar-refractivity contribution in [3.05, 3.63) is 106 Å². The minimum atomic E-state index is -0.342. The highest BCUT2D eigenvalue weighted by atomic mass is 16.5. The van der Waals surface area contributed by atoms with Gasteiger partial charge in [0.25, 0.3) is 0 Å². The van der Waals surface area contributed by atoms with Crippen molar-refractivity contribution in [1.82, 2.24) is 15.3 Å². The number of hydrogen-bond acceptors (Lipinski definition) is 7. The van der Waals surface area contributed by atoms with Crippen molar-refractivity contribution >= 4 is 29.2 Å². The number of unbranched alkanes of at least 4 members (excludes halogenated alkanes) is 3. The second kappa shape index (κ2) is 62.0. The zero-order chi connectivity index (χ0) is 66.8. The molecule has 2 N–H and O–H groups in total.